The Morgan fingerprint density at radius 3 is 2.22 bits per heavy atom. The number of halogens is 3. The number of carbonyl (C=O) groups is 3. The van der Waals surface area contributed by atoms with Crippen LogP contribution < -0.4 is 15.5 Å². The van der Waals surface area contributed by atoms with E-state index >= 15 is 0 Å². The van der Waals surface area contributed by atoms with Gasteiger partial charge in [-0.15, -0.1) is 22.7 Å². The molecule has 2 heterocycles. The predicted octanol–water partition coefficient (Wildman–Crippen LogP) is 9.62. The minimum absolute atomic E-state index is 0.257. The molecule has 12 heteroatoms. The van der Waals surface area contributed by atoms with Crippen LogP contribution in [0.1, 0.15) is 40.8 Å². The number of hydrogen-bond donors (Lipinski definition) is 2. The first-order valence-corrected chi connectivity index (χ1v) is 16.1. The van der Waals surface area contributed by atoms with Gasteiger partial charge in [0.25, 0.3) is 11.8 Å². The van der Waals surface area contributed by atoms with Gasteiger partial charge in [-0.1, -0.05) is 65.1 Å². The molecule has 224 valence electrons. The molecule has 4 aromatic carbocycles. The van der Waals surface area contributed by atoms with Crippen LogP contribution in [0.25, 0.3) is 20.2 Å². The number of fused-ring (bicyclic) bond motifs is 2. The van der Waals surface area contributed by atoms with Gasteiger partial charge in [-0.3, -0.25) is 9.59 Å². The van der Waals surface area contributed by atoms with Crippen LogP contribution >= 0.6 is 57.5 Å². The van der Waals surface area contributed by atoms with E-state index in [9.17, 15) is 14.4 Å². The number of para-hydroxylation sites is 1. The molecule has 0 spiro atoms. The van der Waals surface area contributed by atoms with E-state index in [1.165, 1.54) is 28.9 Å². The lowest BCUT2D eigenvalue weighted by Gasteiger charge is -2.07. The monoisotopic (exact) mass is 691 g/mol. The maximum absolute atomic E-state index is 13.0. The zero-order chi connectivity index (χ0) is 31.7. The molecule has 0 aliphatic heterocycles. The number of hydrazone groups is 1. The fourth-order valence-electron chi connectivity index (χ4n) is 4.43. The van der Waals surface area contributed by atoms with E-state index in [2.05, 4.69) is 15.8 Å². The van der Waals surface area contributed by atoms with Crippen molar-refractivity contribution in [2.45, 2.75) is 6.92 Å². The van der Waals surface area contributed by atoms with Crippen LogP contribution in [0.3, 0.4) is 0 Å². The Morgan fingerprint density at radius 2 is 1.44 bits per heavy atom. The molecule has 7 nitrogen and oxygen atoms in total. The summed E-state index contributed by atoms with van der Waals surface area (Å²) in [5, 5.41) is 9.63. The third kappa shape index (κ3) is 6.58. The first-order chi connectivity index (χ1) is 21.7. The molecule has 0 fully saturated rings. The maximum Gasteiger partial charge on any atom is 0.355 e. The molecule has 45 heavy (non-hydrogen) atoms. The minimum Gasteiger partial charge on any atom is -0.422 e. The topological polar surface area (TPSA) is 96.9 Å². The average molecular weight is 693 g/mol. The molecule has 6 rings (SSSR count). The molecular weight excluding hydrogens is 673 g/mol. The molecule has 0 radical (unpaired) electrons. The Hall–Kier alpha value is -4.25. The lowest BCUT2D eigenvalue weighted by atomic mass is 10.2. The van der Waals surface area contributed by atoms with Crippen molar-refractivity contribution in [3.63, 3.8) is 0 Å². The van der Waals surface area contributed by atoms with Gasteiger partial charge in [-0.05, 0) is 67.1 Å². The molecule has 0 aliphatic rings. The lowest BCUT2D eigenvalue weighted by molar-refractivity contribution is 0.0739. The summed E-state index contributed by atoms with van der Waals surface area (Å²) in [6.45, 7) is 1.97. The van der Waals surface area contributed by atoms with Gasteiger partial charge >= 0.3 is 5.97 Å². The Bertz CT molecular complexity index is 2160. The van der Waals surface area contributed by atoms with Gasteiger partial charge < -0.3 is 10.1 Å². The third-order valence-corrected chi connectivity index (χ3v) is 10.2. The van der Waals surface area contributed by atoms with Gasteiger partial charge in [0.2, 0.25) is 0 Å². The predicted molar refractivity (Wildman–Crippen MR) is 184 cm³/mol. The third-order valence-electron chi connectivity index (χ3n) is 6.66. The van der Waals surface area contributed by atoms with Gasteiger partial charge in [-0.25, -0.2) is 10.2 Å². The van der Waals surface area contributed by atoms with Gasteiger partial charge in [0.05, 0.1) is 16.3 Å². The van der Waals surface area contributed by atoms with Crippen molar-refractivity contribution in [3.05, 3.63) is 126 Å². The van der Waals surface area contributed by atoms with Crippen LogP contribution in [0, 0.1) is 6.92 Å². The number of esters is 1. The molecule has 0 bridgehead atoms. The van der Waals surface area contributed by atoms with Gasteiger partial charge in [-0.2, -0.15) is 5.10 Å². The highest BCUT2D eigenvalue weighted by atomic mass is 35.5. The Morgan fingerprint density at radius 1 is 0.778 bits per heavy atom. The highest BCUT2D eigenvalue weighted by Gasteiger charge is 2.21. The molecule has 2 amide bonds. The van der Waals surface area contributed by atoms with Crippen molar-refractivity contribution in [2.24, 2.45) is 5.10 Å². The van der Waals surface area contributed by atoms with Crippen LogP contribution in [0.4, 0.5) is 5.69 Å². The number of carbonyl (C=O) groups excluding carboxylic acids is 3. The highest BCUT2D eigenvalue weighted by Crippen LogP contribution is 2.38. The summed E-state index contributed by atoms with van der Waals surface area (Å²) in [5.74, 6) is -1.18. The van der Waals surface area contributed by atoms with Crippen LogP contribution in [0.2, 0.25) is 15.1 Å². The zero-order valence-corrected chi connectivity index (χ0v) is 27.1. The zero-order valence-electron chi connectivity index (χ0n) is 23.2. The number of benzene rings is 4. The van der Waals surface area contributed by atoms with Crippen LogP contribution in [0.15, 0.2) is 90.0 Å². The second-order valence-electron chi connectivity index (χ2n) is 9.79. The number of ether oxygens (including phenoxy) is 1. The van der Waals surface area contributed by atoms with E-state index in [0.29, 0.717) is 41.6 Å². The van der Waals surface area contributed by atoms with Crippen molar-refractivity contribution in [1.82, 2.24) is 5.43 Å². The number of hydrogen-bond acceptors (Lipinski definition) is 7. The number of thiophene rings is 2. The molecule has 0 aliphatic carbocycles. The number of nitrogens with one attached hydrogen (secondary N) is 2. The van der Waals surface area contributed by atoms with E-state index in [0.717, 1.165) is 25.7 Å². The maximum atomic E-state index is 13.0. The number of nitrogens with zero attached hydrogens (tertiary/aromatic N) is 1. The highest BCUT2D eigenvalue weighted by molar-refractivity contribution is 7.22. The van der Waals surface area contributed by atoms with E-state index in [1.54, 1.807) is 66.7 Å². The van der Waals surface area contributed by atoms with Gasteiger partial charge in [0.1, 0.15) is 15.5 Å². The molecule has 0 unspecified atom stereocenters. The number of aryl methyl sites for hydroxylation is 1. The quantitative estimate of drug-likeness (QED) is 0.0754. The lowest BCUT2D eigenvalue weighted by Crippen LogP contribution is -2.18. The van der Waals surface area contributed by atoms with E-state index in [1.807, 2.05) is 25.1 Å². The smallest absolute Gasteiger partial charge is 0.355 e. The summed E-state index contributed by atoms with van der Waals surface area (Å²) >= 11 is 21.5. The van der Waals surface area contributed by atoms with E-state index < -0.39 is 11.9 Å². The fraction of sp³-hybridized carbons (Fsp3) is 0.0303. The molecule has 0 saturated heterocycles. The van der Waals surface area contributed by atoms with Crippen molar-refractivity contribution >= 4 is 107 Å². The standard InChI is InChI=1S/C33H20Cl3N3O4S2/c1-17-6-12-22-25(14-17)45-30(28(22)36)33(42)43-24-5-3-2-4-19(24)16-37-39-31(40)18-7-10-21(11-8-18)38-32(41)29-27(35)23-13-9-20(34)15-26(23)44-29/h2-16H,1H3,(H,38,41)(H,39,40)/b37-16-. The van der Waals surface area contributed by atoms with Gasteiger partial charge in [0, 0.05) is 42.0 Å². The first-order valence-electron chi connectivity index (χ1n) is 13.3. The number of amides is 2. The summed E-state index contributed by atoms with van der Waals surface area (Å²) in [7, 11) is 0. The summed E-state index contributed by atoms with van der Waals surface area (Å²) in [6.07, 6.45) is 1.38. The second-order valence-corrected chi connectivity index (χ2v) is 13.1. The van der Waals surface area contributed by atoms with Crippen molar-refractivity contribution in [2.75, 3.05) is 5.32 Å². The minimum atomic E-state index is -0.588. The second kappa shape index (κ2) is 13.0. The number of rotatable bonds is 7. The summed E-state index contributed by atoms with van der Waals surface area (Å²) in [4.78, 5) is 39.3. The molecule has 0 atom stereocenters. The fourth-order valence-corrected chi connectivity index (χ4v) is 7.60. The van der Waals surface area contributed by atoms with Crippen LogP contribution in [0.5, 0.6) is 5.75 Å². The Labute approximate surface area is 280 Å². The Balaban J connectivity index is 1.09. The van der Waals surface area contributed by atoms with Crippen molar-refractivity contribution in [3.8, 4) is 5.75 Å². The molecule has 2 N–H and O–H groups in total. The Kier molecular flexibility index (Phi) is 8.89. The van der Waals surface area contributed by atoms with Crippen LogP contribution in [-0.2, 0) is 0 Å². The SMILES string of the molecule is Cc1ccc2c(Cl)c(C(=O)Oc3ccccc3/C=N\NC(=O)c3ccc(NC(=O)c4sc5cc(Cl)ccc5c4Cl)cc3)sc2c1. The largest absolute Gasteiger partial charge is 0.422 e. The van der Waals surface area contributed by atoms with Crippen molar-refractivity contribution in [1.29, 1.82) is 0 Å². The summed E-state index contributed by atoms with van der Waals surface area (Å²) < 4.78 is 7.36. The average Bonchev–Trinajstić information content (AvgIpc) is 3.53. The van der Waals surface area contributed by atoms with Crippen LogP contribution in [-0.4, -0.2) is 24.0 Å². The van der Waals surface area contributed by atoms with Gasteiger partial charge in [0.15, 0.2) is 0 Å². The summed E-state index contributed by atoms with van der Waals surface area (Å²) in [6, 6.07) is 24.1. The first kappa shape index (κ1) is 30.8. The molecule has 0 saturated carbocycles. The molecular formula is C33H20Cl3N3O4S2. The van der Waals surface area contributed by atoms with E-state index in [-0.39, 0.29) is 11.7 Å². The normalized spacial score (nSPS) is 11.3. The summed E-state index contributed by atoms with van der Waals surface area (Å²) in [5.41, 5.74) is 4.79. The van der Waals surface area contributed by atoms with Crippen molar-refractivity contribution < 1.29 is 19.1 Å². The molecule has 2 aromatic heterocycles. The molecule has 6 aromatic rings. The van der Waals surface area contributed by atoms with E-state index in [4.69, 9.17) is 39.5 Å². The number of anilines is 1.